The molecule has 0 spiro atoms. The number of nitrogens with one attached hydrogen (secondary N) is 2. The van der Waals surface area contributed by atoms with Gasteiger partial charge < -0.3 is 15.4 Å². The van der Waals surface area contributed by atoms with Crippen molar-refractivity contribution in [3.05, 3.63) is 47.7 Å². The minimum Gasteiger partial charge on any atom is -0.383 e. The number of nitrogens with zero attached hydrogens (tertiary/aromatic N) is 2. The maximum Gasteiger partial charge on any atom is 0.410 e. The number of carbonyl (C=O) groups is 1. The first-order valence-corrected chi connectivity index (χ1v) is 8.56. The van der Waals surface area contributed by atoms with Crippen molar-refractivity contribution >= 4 is 11.7 Å². The van der Waals surface area contributed by atoms with Crippen LogP contribution < -0.4 is 10.6 Å². The van der Waals surface area contributed by atoms with E-state index in [1.54, 1.807) is 37.3 Å². The largest absolute Gasteiger partial charge is 0.410 e. The molecule has 3 rings (SSSR count). The summed E-state index contributed by atoms with van der Waals surface area (Å²) in [6, 6.07) is 6.19. The summed E-state index contributed by atoms with van der Waals surface area (Å²) in [6.45, 7) is 2.04. The zero-order valence-electron chi connectivity index (χ0n) is 15.0. The van der Waals surface area contributed by atoms with E-state index < -0.39 is 24.2 Å². The number of halogens is 3. The van der Waals surface area contributed by atoms with Crippen molar-refractivity contribution in [3.8, 4) is 0 Å². The van der Waals surface area contributed by atoms with Crippen molar-refractivity contribution in [1.82, 2.24) is 15.1 Å². The zero-order valence-corrected chi connectivity index (χ0v) is 15.0. The lowest BCUT2D eigenvalue weighted by atomic mass is 9.96. The van der Waals surface area contributed by atoms with Crippen LogP contribution >= 0.6 is 0 Å². The number of rotatable bonds is 5. The molecule has 0 saturated heterocycles. The molecule has 3 atom stereocenters. The molecule has 0 aliphatic carbocycles. The Bertz CT molecular complexity index is 792. The Balaban J connectivity index is 1.94. The molecular formula is C18H21F3N4O2. The van der Waals surface area contributed by atoms with E-state index in [1.165, 1.54) is 13.3 Å². The van der Waals surface area contributed by atoms with Crippen molar-refractivity contribution < 1.29 is 22.7 Å². The lowest BCUT2D eigenvalue weighted by Gasteiger charge is -2.34. The number of alkyl halides is 3. The number of ether oxygens (including phenoxy) is 1. The van der Waals surface area contributed by atoms with E-state index in [0.717, 1.165) is 10.2 Å². The molecule has 0 saturated carbocycles. The third kappa shape index (κ3) is 4.08. The highest BCUT2D eigenvalue weighted by Crippen LogP contribution is 2.44. The van der Waals surface area contributed by atoms with Crippen molar-refractivity contribution in [2.75, 3.05) is 19.0 Å². The van der Waals surface area contributed by atoms with Gasteiger partial charge in [0.2, 0.25) is 0 Å². The van der Waals surface area contributed by atoms with E-state index in [4.69, 9.17) is 4.74 Å². The molecule has 1 aromatic carbocycles. The highest BCUT2D eigenvalue weighted by Gasteiger charge is 2.47. The second-order valence-electron chi connectivity index (χ2n) is 6.58. The molecule has 2 aromatic rings. The smallest absolute Gasteiger partial charge is 0.383 e. The van der Waals surface area contributed by atoms with E-state index in [0.29, 0.717) is 6.61 Å². The summed E-state index contributed by atoms with van der Waals surface area (Å²) >= 11 is 0. The predicted molar refractivity (Wildman–Crippen MR) is 93.5 cm³/mol. The number of hydrogen-bond acceptors (Lipinski definition) is 4. The first-order valence-electron chi connectivity index (χ1n) is 8.56. The van der Waals surface area contributed by atoms with Gasteiger partial charge in [-0.3, -0.25) is 4.79 Å². The van der Waals surface area contributed by atoms with Crippen LogP contribution in [0.25, 0.3) is 0 Å². The summed E-state index contributed by atoms with van der Waals surface area (Å²) in [7, 11) is 1.50. The fourth-order valence-corrected chi connectivity index (χ4v) is 3.23. The summed E-state index contributed by atoms with van der Waals surface area (Å²) in [4.78, 5) is 12.5. The summed E-state index contributed by atoms with van der Waals surface area (Å²) in [6.07, 6.45) is -3.51. The zero-order chi connectivity index (χ0) is 19.6. The number of benzene rings is 1. The van der Waals surface area contributed by atoms with Gasteiger partial charge in [0.05, 0.1) is 18.8 Å². The number of aromatic nitrogens is 2. The van der Waals surface area contributed by atoms with Gasteiger partial charge in [-0.05, 0) is 12.5 Å². The van der Waals surface area contributed by atoms with Crippen LogP contribution in [0.3, 0.4) is 0 Å². The van der Waals surface area contributed by atoms with Crippen LogP contribution in [0.15, 0.2) is 36.5 Å². The standard InChI is InChI=1S/C18H21F3N4O2/c1-11(10-27-2)23-17(26)13-9-22-25-15(18(19,20)21)8-14(24-16(13)25)12-6-4-3-5-7-12/h3-7,9,11,14-15,24H,8,10H2,1-2H3,(H,23,26)/t11-,14+,15+/m1/s1. The molecule has 0 radical (unpaired) electrons. The van der Waals surface area contributed by atoms with Crippen LogP contribution in [0.2, 0.25) is 0 Å². The summed E-state index contributed by atoms with van der Waals surface area (Å²) in [5.74, 6) is -0.428. The summed E-state index contributed by atoms with van der Waals surface area (Å²) in [5, 5.41) is 9.61. The second kappa shape index (κ2) is 7.59. The molecule has 146 valence electrons. The topological polar surface area (TPSA) is 68.2 Å². The number of anilines is 1. The maximum atomic E-state index is 13.6. The van der Waals surface area contributed by atoms with E-state index in [-0.39, 0.29) is 23.8 Å². The Labute approximate surface area is 154 Å². The Kier molecular flexibility index (Phi) is 5.41. The molecule has 1 aliphatic heterocycles. The van der Waals surface area contributed by atoms with Crippen LogP contribution in [-0.2, 0) is 4.74 Å². The summed E-state index contributed by atoms with van der Waals surface area (Å²) < 4.78 is 46.7. The van der Waals surface area contributed by atoms with Gasteiger partial charge in [-0.15, -0.1) is 0 Å². The van der Waals surface area contributed by atoms with Gasteiger partial charge >= 0.3 is 6.18 Å². The average molecular weight is 382 g/mol. The normalized spacial score (nSPS) is 20.5. The van der Waals surface area contributed by atoms with Crippen molar-refractivity contribution in [2.24, 2.45) is 0 Å². The number of fused-ring (bicyclic) bond motifs is 1. The lowest BCUT2D eigenvalue weighted by molar-refractivity contribution is -0.173. The van der Waals surface area contributed by atoms with E-state index in [2.05, 4.69) is 15.7 Å². The van der Waals surface area contributed by atoms with Crippen molar-refractivity contribution in [1.29, 1.82) is 0 Å². The first kappa shape index (κ1) is 19.2. The minimum atomic E-state index is -4.48. The highest BCUT2D eigenvalue weighted by molar-refractivity contribution is 5.99. The Hall–Kier alpha value is -2.55. The molecule has 2 heterocycles. The monoisotopic (exact) mass is 382 g/mol. The minimum absolute atomic E-state index is 0.0690. The lowest BCUT2D eigenvalue weighted by Crippen LogP contribution is -2.38. The van der Waals surface area contributed by atoms with Gasteiger partial charge in [0.25, 0.3) is 5.91 Å². The van der Waals surface area contributed by atoms with Gasteiger partial charge in [0, 0.05) is 19.6 Å². The SMILES string of the molecule is COC[C@@H](C)NC(=O)c1cnn2c1N[C@H](c1ccccc1)C[C@H]2C(F)(F)F. The molecule has 1 amide bonds. The molecule has 1 aliphatic rings. The third-order valence-electron chi connectivity index (χ3n) is 4.48. The average Bonchev–Trinajstić information content (AvgIpc) is 3.05. The molecule has 1 aromatic heterocycles. The molecule has 6 nitrogen and oxygen atoms in total. The van der Waals surface area contributed by atoms with Crippen molar-refractivity contribution in [2.45, 2.75) is 37.6 Å². The van der Waals surface area contributed by atoms with Crippen LogP contribution in [0.5, 0.6) is 0 Å². The van der Waals surface area contributed by atoms with Gasteiger partial charge in [-0.25, -0.2) is 4.68 Å². The molecule has 2 N–H and O–H groups in total. The van der Waals surface area contributed by atoms with Gasteiger partial charge in [0.1, 0.15) is 11.4 Å². The van der Waals surface area contributed by atoms with Gasteiger partial charge in [-0.2, -0.15) is 18.3 Å². The van der Waals surface area contributed by atoms with Gasteiger partial charge in [-0.1, -0.05) is 30.3 Å². The van der Waals surface area contributed by atoms with E-state index >= 15 is 0 Å². The maximum absolute atomic E-state index is 13.6. The predicted octanol–water partition coefficient (Wildman–Crippen LogP) is 3.31. The summed E-state index contributed by atoms with van der Waals surface area (Å²) in [5.41, 5.74) is 0.797. The van der Waals surface area contributed by atoms with E-state index in [9.17, 15) is 18.0 Å². The second-order valence-corrected chi connectivity index (χ2v) is 6.58. The van der Waals surface area contributed by atoms with Crippen LogP contribution in [0.1, 0.15) is 41.3 Å². The number of methoxy groups -OCH3 is 1. The number of hydrogen-bond donors (Lipinski definition) is 2. The molecule has 0 unspecified atom stereocenters. The third-order valence-corrected chi connectivity index (χ3v) is 4.48. The fraction of sp³-hybridized carbons (Fsp3) is 0.444. The number of amides is 1. The fourth-order valence-electron chi connectivity index (χ4n) is 3.23. The molecule has 9 heteroatoms. The molecule has 27 heavy (non-hydrogen) atoms. The molecule has 0 fully saturated rings. The van der Waals surface area contributed by atoms with Gasteiger partial charge in [0.15, 0.2) is 6.04 Å². The first-order chi connectivity index (χ1) is 12.8. The quantitative estimate of drug-likeness (QED) is 0.833. The van der Waals surface area contributed by atoms with Crippen molar-refractivity contribution in [3.63, 3.8) is 0 Å². The Morgan fingerprint density at radius 3 is 2.74 bits per heavy atom. The number of carbonyl (C=O) groups excluding carboxylic acids is 1. The highest BCUT2D eigenvalue weighted by atomic mass is 19.4. The van der Waals surface area contributed by atoms with Crippen LogP contribution in [0, 0.1) is 0 Å². The van der Waals surface area contributed by atoms with Crippen LogP contribution in [-0.4, -0.2) is 41.6 Å². The van der Waals surface area contributed by atoms with Crippen LogP contribution in [0.4, 0.5) is 19.0 Å². The van der Waals surface area contributed by atoms with E-state index in [1.807, 2.05) is 0 Å². The molecular weight excluding hydrogens is 361 g/mol. The Morgan fingerprint density at radius 2 is 2.11 bits per heavy atom. The Morgan fingerprint density at radius 1 is 1.41 bits per heavy atom. The molecule has 0 bridgehead atoms.